The first-order valence-corrected chi connectivity index (χ1v) is 14.5. The standard InChI is InChI=1S/C31H40O11/c1-14(2)30-23(39-25(34)18-11-9-8-10-12-18)16(4)31-19-13-15(3)22(38-17(5)32)29(19,37)26(35)27(6,36)21(33)20(31)24(30)40-28(7,41-30)42-31/h8-12,15-16,19-24,26,33,35-37H,1,13H2,2-7H3/t15-,16+,19+,20-,21-,22-,23-,24+,26+,27+,28+,29+,30-,31-/m0/s1. The van der Waals surface area contributed by atoms with Gasteiger partial charge in [0.05, 0.1) is 17.3 Å². The van der Waals surface area contributed by atoms with E-state index in [-0.39, 0.29) is 6.42 Å². The van der Waals surface area contributed by atoms with Crippen molar-refractivity contribution in [2.45, 2.75) is 107 Å². The van der Waals surface area contributed by atoms with Gasteiger partial charge in [-0.3, -0.25) is 4.79 Å². The van der Waals surface area contributed by atoms with Crippen LogP contribution >= 0.6 is 0 Å². The molecule has 0 spiro atoms. The Morgan fingerprint density at radius 2 is 1.64 bits per heavy atom. The lowest BCUT2D eigenvalue weighted by atomic mass is 9.52. The van der Waals surface area contributed by atoms with Gasteiger partial charge in [0, 0.05) is 31.6 Å². The minimum Gasteiger partial charge on any atom is -0.459 e. The van der Waals surface area contributed by atoms with Crippen LogP contribution < -0.4 is 0 Å². The van der Waals surface area contributed by atoms with E-state index in [2.05, 4.69) is 6.58 Å². The minimum atomic E-state index is -2.32. The largest absolute Gasteiger partial charge is 0.459 e. The third kappa shape index (κ3) is 3.47. The molecule has 5 fully saturated rings. The average Bonchev–Trinajstić information content (AvgIpc) is 3.30. The van der Waals surface area contributed by atoms with Gasteiger partial charge in [0.2, 0.25) is 0 Å². The molecular weight excluding hydrogens is 548 g/mol. The van der Waals surface area contributed by atoms with Crippen molar-refractivity contribution < 1.29 is 53.7 Å². The molecular formula is C31H40O11. The third-order valence-electron chi connectivity index (χ3n) is 10.7. The number of carbonyl (C=O) groups excluding carboxylic acids is 2. The van der Waals surface area contributed by atoms with Gasteiger partial charge in [-0.15, -0.1) is 0 Å². The van der Waals surface area contributed by atoms with E-state index in [9.17, 15) is 30.0 Å². The maximum absolute atomic E-state index is 13.5. The Morgan fingerprint density at radius 1 is 1.00 bits per heavy atom. The molecule has 11 heteroatoms. The first-order valence-electron chi connectivity index (χ1n) is 14.5. The van der Waals surface area contributed by atoms with Gasteiger partial charge >= 0.3 is 11.9 Å². The van der Waals surface area contributed by atoms with E-state index in [1.54, 1.807) is 58.0 Å². The fraction of sp³-hybridized carbons (Fsp3) is 0.677. The molecule has 6 rings (SSSR count). The van der Waals surface area contributed by atoms with Crippen LogP contribution in [0.5, 0.6) is 0 Å². The third-order valence-corrected chi connectivity index (χ3v) is 10.7. The highest BCUT2D eigenvalue weighted by Crippen LogP contribution is 2.71. The summed E-state index contributed by atoms with van der Waals surface area (Å²) in [5.74, 6) is -6.47. The van der Waals surface area contributed by atoms with Crippen LogP contribution in [0.15, 0.2) is 42.5 Å². The summed E-state index contributed by atoms with van der Waals surface area (Å²) in [7, 11) is 0. The molecule has 11 nitrogen and oxygen atoms in total. The van der Waals surface area contributed by atoms with Gasteiger partial charge in [-0.05, 0) is 43.9 Å². The molecule has 14 atom stereocenters. The molecule has 2 aliphatic heterocycles. The fourth-order valence-corrected chi connectivity index (χ4v) is 9.11. The van der Waals surface area contributed by atoms with Crippen LogP contribution in [-0.4, -0.2) is 91.3 Å². The number of fused-ring (bicyclic) bond motifs is 2. The average molecular weight is 589 g/mol. The van der Waals surface area contributed by atoms with Gasteiger partial charge in [-0.25, -0.2) is 4.79 Å². The van der Waals surface area contributed by atoms with Crippen molar-refractivity contribution in [3.05, 3.63) is 48.0 Å². The Bertz CT molecular complexity index is 1310. The zero-order valence-corrected chi connectivity index (χ0v) is 24.6. The molecule has 1 aromatic carbocycles. The minimum absolute atomic E-state index is 0.178. The predicted molar refractivity (Wildman–Crippen MR) is 144 cm³/mol. The molecule has 3 aliphatic carbocycles. The van der Waals surface area contributed by atoms with E-state index >= 15 is 0 Å². The highest BCUT2D eigenvalue weighted by atomic mass is 16.9. The molecule has 2 heterocycles. The molecule has 0 unspecified atom stereocenters. The summed E-state index contributed by atoms with van der Waals surface area (Å²) in [6.07, 6.45) is -6.92. The lowest BCUT2D eigenvalue weighted by Gasteiger charge is -2.62. The molecule has 0 aromatic heterocycles. The predicted octanol–water partition coefficient (Wildman–Crippen LogP) is 1.46. The molecule has 2 saturated heterocycles. The van der Waals surface area contributed by atoms with Crippen LogP contribution in [0.4, 0.5) is 0 Å². The molecule has 1 aromatic rings. The number of benzene rings is 1. The highest BCUT2D eigenvalue weighted by Gasteiger charge is 2.86. The zero-order chi connectivity index (χ0) is 30.8. The van der Waals surface area contributed by atoms with Crippen molar-refractivity contribution >= 4 is 11.9 Å². The van der Waals surface area contributed by atoms with Crippen LogP contribution in [0.1, 0.15) is 58.3 Å². The van der Waals surface area contributed by atoms with Crippen molar-refractivity contribution in [3.63, 3.8) is 0 Å². The van der Waals surface area contributed by atoms with E-state index in [4.69, 9.17) is 23.7 Å². The molecule has 230 valence electrons. The summed E-state index contributed by atoms with van der Waals surface area (Å²) < 4.78 is 31.5. The number of rotatable bonds is 4. The van der Waals surface area contributed by atoms with Gasteiger partial charge in [-0.1, -0.05) is 38.6 Å². The number of carbonyl (C=O) groups is 2. The lowest BCUT2D eigenvalue weighted by molar-refractivity contribution is -0.429. The maximum Gasteiger partial charge on any atom is 0.338 e. The number of esters is 2. The fourth-order valence-electron chi connectivity index (χ4n) is 9.11. The Morgan fingerprint density at radius 3 is 2.24 bits per heavy atom. The topological polar surface area (TPSA) is 161 Å². The van der Waals surface area contributed by atoms with Crippen molar-refractivity contribution in [2.75, 3.05) is 0 Å². The lowest BCUT2D eigenvalue weighted by Crippen LogP contribution is -2.77. The second kappa shape index (κ2) is 9.07. The summed E-state index contributed by atoms with van der Waals surface area (Å²) in [5, 5.41) is 48.1. The van der Waals surface area contributed by atoms with Crippen LogP contribution in [-0.2, 0) is 28.5 Å². The number of ether oxygens (including phenoxy) is 5. The first-order chi connectivity index (χ1) is 19.5. The first kappa shape index (κ1) is 29.7. The number of hydrogen-bond acceptors (Lipinski definition) is 11. The quantitative estimate of drug-likeness (QED) is 0.298. The van der Waals surface area contributed by atoms with E-state index in [0.717, 1.165) is 0 Å². The van der Waals surface area contributed by atoms with Crippen molar-refractivity contribution in [3.8, 4) is 0 Å². The molecule has 0 amide bonds. The summed E-state index contributed by atoms with van der Waals surface area (Å²) in [5.41, 5.74) is -6.98. The maximum atomic E-state index is 13.5. The van der Waals surface area contributed by atoms with Gasteiger partial charge in [0.1, 0.15) is 35.6 Å². The molecule has 0 radical (unpaired) electrons. The highest BCUT2D eigenvalue weighted by molar-refractivity contribution is 5.89. The van der Waals surface area contributed by atoms with E-state index < -0.39 is 94.5 Å². The second-order valence-corrected chi connectivity index (χ2v) is 13.3. The van der Waals surface area contributed by atoms with Crippen LogP contribution in [0, 0.1) is 23.7 Å². The van der Waals surface area contributed by atoms with Gasteiger partial charge < -0.3 is 44.1 Å². The van der Waals surface area contributed by atoms with Gasteiger partial charge in [0.25, 0.3) is 5.97 Å². The van der Waals surface area contributed by atoms with Crippen molar-refractivity contribution in [1.29, 1.82) is 0 Å². The summed E-state index contributed by atoms with van der Waals surface area (Å²) in [4.78, 5) is 25.8. The van der Waals surface area contributed by atoms with Gasteiger partial charge in [-0.2, -0.15) is 0 Å². The van der Waals surface area contributed by atoms with Crippen molar-refractivity contribution in [1.82, 2.24) is 0 Å². The molecule has 42 heavy (non-hydrogen) atoms. The van der Waals surface area contributed by atoms with Crippen molar-refractivity contribution in [2.24, 2.45) is 23.7 Å². The number of aliphatic hydroxyl groups excluding tert-OH is 2. The van der Waals surface area contributed by atoms with E-state index in [1.807, 2.05) is 0 Å². The smallest absolute Gasteiger partial charge is 0.338 e. The Kier molecular flexibility index (Phi) is 6.41. The Hall–Kier alpha value is -2.38. The van der Waals surface area contributed by atoms with Crippen LogP contribution in [0.2, 0.25) is 0 Å². The zero-order valence-electron chi connectivity index (χ0n) is 24.6. The monoisotopic (exact) mass is 588 g/mol. The Labute approximate surface area is 244 Å². The number of hydrogen-bond donors (Lipinski definition) is 4. The Balaban J connectivity index is 1.60. The van der Waals surface area contributed by atoms with Crippen LogP contribution in [0.25, 0.3) is 0 Å². The molecule has 4 N–H and O–H groups in total. The normalized spacial score (nSPS) is 52.2. The summed E-state index contributed by atoms with van der Waals surface area (Å²) >= 11 is 0. The van der Waals surface area contributed by atoms with E-state index in [0.29, 0.717) is 11.1 Å². The molecule has 5 aliphatic rings. The van der Waals surface area contributed by atoms with E-state index in [1.165, 1.54) is 13.8 Å². The molecule has 3 saturated carbocycles. The summed E-state index contributed by atoms with van der Waals surface area (Å²) in [6, 6.07) is 8.44. The summed E-state index contributed by atoms with van der Waals surface area (Å²) in [6.45, 7) is 13.4. The second-order valence-electron chi connectivity index (χ2n) is 13.3. The number of aliphatic hydroxyl groups is 4. The molecule has 3 bridgehead atoms. The SMILES string of the molecule is C=C(C)[C@@]12O[C@@]3(C)O[C@@H]1[C@@H]1[C@H](O)[C@@](C)(O)[C@@H](O)[C@@]4(O)[C@@H](C[C@H](C)[C@@H]4OC(C)=O)[C@@]1(O3)[C@H](C)[C@@H]2OC(=O)c1ccccc1. The van der Waals surface area contributed by atoms with Crippen LogP contribution in [0.3, 0.4) is 0 Å². The van der Waals surface area contributed by atoms with Gasteiger partial charge in [0.15, 0.2) is 5.60 Å².